The van der Waals surface area contributed by atoms with E-state index in [4.69, 9.17) is 22.2 Å². The Labute approximate surface area is 119 Å². The Morgan fingerprint density at radius 2 is 1.59 bits per heavy atom. The number of rotatable bonds is 9. The van der Waals surface area contributed by atoms with Gasteiger partial charge in [0.25, 0.3) is 6.69 Å². The van der Waals surface area contributed by atoms with Crippen LogP contribution in [0.2, 0.25) is 19.2 Å². The molecule has 0 saturated carbocycles. The minimum atomic E-state index is -2.17. The molecule has 0 N–H and O–H groups in total. The van der Waals surface area contributed by atoms with Gasteiger partial charge < -0.3 is 0 Å². The zero-order valence-corrected chi connectivity index (χ0v) is 14.4. The summed E-state index contributed by atoms with van der Waals surface area (Å²) in [6.45, 7) is 7.21. The minimum absolute atomic E-state index is 0.619. The number of halogens is 2. The van der Waals surface area contributed by atoms with Gasteiger partial charge in [-0.3, -0.25) is 0 Å². The van der Waals surface area contributed by atoms with Gasteiger partial charge in [0.05, 0.1) is 0 Å². The molecule has 0 aromatic carbocycles. The van der Waals surface area contributed by atoms with Crippen molar-refractivity contribution in [1.82, 2.24) is 0 Å². The molecule has 0 atom stereocenters. The van der Waals surface area contributed by atoms with Gasteiger partial charge in [-0.25, -0.2) is 0 Å². The Bertz CT molecular complexity index is 218. The largest absolute Gasteiger partial charge is 0.265 e. The molecule has 4 heteroatoms. The molecule has 0 spiro atoms. The molecule has 0 heterocycles. The first-order valence-corrected chi connectivity index (χ1v) is 11.6. The van der Waals surface area contributed by atoms with Gasteiger partial charge in [0.15, 0.2) is 6.71 Å². The van der Waals surface area contributed by atoms with Crippen molar-refractivity contribution in [2.75, 3.05) is 0 Å². The first-order chi connectivity index (χ1) is 7.97. The normalized spacial score (nSPS) is 12.9. The maximum absolute atomic E-state index is 6.48. The van der Waals surface area contributed by atoms with Gasteiger partial charge in [-0.05, 0) is 13.0 Å². The van der Waals surface area contributed by atoms with Gasteiger partial charge >= 0.3 is 0 Å². The van der Waals surface area contributed by atoms with Crippen molar-refractivity contribution >= 4 is 35.6 Å². The van der Waals surface area contributed by atoms with Crippen molar-refractivity contribution in [2.45, 2.75) is 72.1 Å². The van der Waals surface area contributed by atoms with Crippen LogP contribution in [-0.4, -0.2) is 13.4 Å². The van der Waals surface area contributed by atoms with E-state index in [1.54, 1.807) is 0 Å². The van der Waals surface area contributed by atoms with Crippen molar-refractivity contribution in [1.29, 1.82) is 0 Å². The third kappa shape index (κ3) is 7.59. The van der Waals surface area contributed by atoms with Crippen molar-refractivity contribution in [3.63, 3.8) is 0 Å². The molecule has 0 saturated heterocycles. The van der Waals surface area contributed by atoms with E-state index in [0.29, 0.717) is 6.71 Å². The maximum atomic E-state index is 6.48. The first-order valence-electron chi connectivity index (χ1n) is 7.05. The highest BCUT2D eigenvalue weighted by atomic mass is 35.7. The fraction of sp³-hybridized carbons (Fsp3) is 0.846. The van der Waals surface area contributed by atoms with Crippen LogP contribution in [0.1, 0.15) is 52.9 Å². The second-order valence-corrected chi connectivity index (χ2v) is 12.4. The second-order valence-electron chi connectivity index (χ2n) is 4.96. The Hall–Kier alpha value is 0.602. The molecule has 17 heavy (non-hydrogen) atoms. The SMILES string of the molecule is CCCC/C=C(/B(CCC)CCC)[Si](C)(Cl)Cl. The lowest BCUT2D eigenvalue weighted by Crippen LogP contribution is -2.31. The average Bonchev–Trinajstić information content (AvgIpc) is 2.23. The standard InChI is InChI=1S/C13H27BCl2Si/c1-5-8-9-10-13(17(4,15)16)14(11-6-2)12-7-3/h10H,5-9,11-12H2,1-4H3/b13-10-. The molecule has 0 fully saturated rings. The van der Waals surface area contributed by atoms with Gasteiger partial charge in [0, 0.05) is 0 Å². The van der Waals surface area contributed by atoms with Gasteiger partial charge in [-0.15, -0.1) is 22.2 Å². The van der Waals surface area contributed by atoms with Crippen LogP contribution < -0.4 is 0 Å². The molecule has 0 rings (SSSR count). The van der Waals surface area contributed by atoms with Crippen LogP contribution in [0.4, 0.5) is 0 Å². The molecule has 0 bridgehead atoms. The summed E-state index contributed by atoms with van der Waals surface area (Å²) in [5.41, 5.74) is 0. The molecule has 0 unspecified atom stereocenters. The molecular weight excluding hydrogens is 266 g/mol. The molecule has 0 aliphatic heterocycles. The van der Waals surface area contributed by atoms with Crippen LogP contribution in [0.3, 0.4) is 0 Å². The number of unbranched alkanes of at least 4 members (excludes halogenated alkanes) is 2. The molecule has 0 nitrogen and oxygen atoms in total. The number of hydrogen-bond donors (Lipinski definition) is 0. The quantitative estimate of drug-likeness (QED) is 0.276. The summed E-state index contributed by atoms with van der Waals surface area (Å²) in [5.74, 6) is 0. The zero-order chi connectivity index (χ0) is 13.3. The molecule has 0 aliphatic carbocycles. The van der Waals surface area contributed by atoms with E-state index in [9.17, 15) is 0 Å². The Morgan fingerprint density at radius 3 is 1.94 bits per heavy atom. The van der Waals surface area contributed by atoms with Crippen molar-refractivity contribution in [3.8, 4) is 0 Å². The lowest BCUT2D eigenvalue weighted by Gasteiger charge is -2.23. The van der Waals surface area contributed by atoms with E-state index in [2.05, 4.69) is 26.8 Å². The highest BCUT2D eigenvalue weighted by Crippen LogP contribution is 2.30. The van der Waals surface area contributed by atoms with Gasteiger partial charge in [0.1, 0.15) is 0 Å². The van der Waals surface area contributed by atoms with E-state index in [1.165, 1.54) is 43.4 Å². The van der Waals surface area contributed by atoms with Gasteiger partial charge in [-0.1, -0.05) is 70.3 Å². The van der Waals surface area contributed by atoms with Crippen molar-refractivity contribution in [2.24, 2.45) is 0 Å². The molecular formula is C13H27BCl2Si. The third-order valence-electron chi connectivity index (χ3n) is 3.14. The lowest BCUT2D eigenvalue weighted by atomic mass is 9.43. The fourth-order valence-electron chi connectivity index (χ4n) is 2.32. The molecule has 100 valence electrons. The van der Waals surface area contributed by atoms with Gasteiger partial charge in [-0.2, -0.15) is 0 Å². The summed E-state index contributed by atoms with van der Waals surface area (Å²) in [7, 11) is 0. The average molecular weight is 293 g/mol. The summed E-state index contributed by atoms with van der Waals surface area (Å²) in [5, 5.41) is 1.39. The van der Waals surface area contributed by atoms with Crippen LogP contribution in [0, 0.1) is 0 Å². The Balaban J connectivity index is 4.78. The van der Waals surface area contributed by atoms with E-state index < -0.39 is 6.69 Å². The smallest absolute Gasteiger partial charge is 0.141 e. The topological polar surface area (TPSA) is 0 Å². The summed E-state index contributed by atoms with van der Waals surface area (Å²) < 4.78 is 0. The number of hydrogen-bond acceptors (Lipinski definition) is 0. The molecule has 0 aliphatic rings. The maximum Gasteiger partial charge on any atom is 0.265 e. The highest BCUT2D eigenvalue weighted by molar-refractivity contribution is 7.50. The predicted octanol–water partition coefficient (Wildman–Crippen LogP) is 6.05. The van der Waals surface area contributed by atoms with Crippen LogP contribution in [0.25, 0.3) is 0 Å². The molecule has 0 aromatic rings. The van der Waals surface area contributed by atoms with Gasteiger partial charge in [0.2, 0.25) is 0 Å². The minimum Gasteiger partial charge on any atom is -0.141 e. The second kappa shape index (κ2) is 9.52. The van der Waals surface area contributed by atoms with Crippen molar-refractivity contribution < 1.29 is 0 Å². The van der Waals surface area contributed by atoms with Crippen molar-refractivity contribution in [3.05, 3.63) is 11.2 Å². The van der Waals surface area contributed by atoms with Crippen LogP contribution in [0.5, 0.6) is 0 Å². The highest BCUT2D eigenvalue weighted by Gasteiger charge is 2.33. The first kappa shape index (κ1) is 17.6. The van der Waals surface area contributed by atoms with E-state index in [-0.39, 0.29) is 0 Å². The third-order valence-corrected chi connectivity index (χ3v) is 6.08. The summed E-state index contributed by atoms with van der Waals surface area (Å²) in [6.07, 6.45) is 10.9. The van der Waals surface area contributed by atoms with E-state index >= 15 is 0 Å². The monoisotopic (exact) mass is 292 g/mol. The lowest BCUT2D eigenvalue weighted by molar-refractivity contribution is 0.814. The van der Waals surface area contributed by atoms with E-state index in [0.717, 1.165) is 6.42 Å². The summed E-state index contributed by atoms with van der Waals surface area (Å²) in [4.78, 5) is 0. The Kier molecular flexibility index (Phi) is 9.86. The van der Waals surface area contributed by atoms with E-state index in [1.807, 2.05) is 6.55 Å². The Morgan fingerprint density at radius 1 is 1.06 bits per heavy atom. The summed E-state index contributed by atoms with van der Waals surface area (Å²) >= 11 is 13.0. The number of allylic oxidation sites excluding steroid dienone is 1. The zero-order valence-electron chi connectivity index (χ0n) is 11.9. The fourth-order valence-corrected chi connectivity index (χ4v) is 5.22. The molecule has 0 aromatic heterocycles. The summed E-state index contributed by atoms with van der Waals surface area (Å²) in [6, 6.07) is 0. The van der Waals surface area contributed by atoms with Crippen LogP contribution in [0.15, 0.2) is 11.2 Å². The predicted molar refractivity (Wildman–Crippen MR) is 86.9 cm³/mol. The molecule has 0 radical (unpaired) electrons. The molecule has 0 amide bonds. The van der Waals surface area contributed by atoms with Crippen LogP contribution >= 0.6 is 22.2 Å². The van der Waals surface area contributed by atoms with Crippen LogP contribution in [-0.2, 0) is 0 Å².